The number of hydrogen-bond acceptors (Lipinski definition) is 6. The van der Waals surface area contributed by atoms with Crippen LogP contribution in [-0.2, 0) is 19.1 Å². The van der Waals surface area contributed by atoms with Gasteiger partial charge in [-0.3, -0.25) is 19.3 Å². The Morgan fingerprint density at radius 1 is 1.23 bits per heavy atom. The monoisotopic (exact) mass is 363 g/mol. The summed E-state index contributed by atoms with van der Waals surface area (Å²) in [6, 6.07) is 6.16. The van der Waals surface area contributed by atoms with Gasteiger partial charge in [-0.25, -0.2) is 4.79 Å². The van der Waals surface area contributed by atoms with Gasteiger partial charge >= 0.3 is 12.0 Å². The number of carbonyl (C=O) groups excluding carboxylic acids is 4. The highest BCUT2D eigenvalue weighted by molar-refractivity contribution is 6.04. The molecule has 1 heterocycles. The van der Waals surface area contributed by atoms with Crippen LogP contribution in [-0.4, -0.2) is 66.5 Å². The standard InChI is InChI=1S/C17H21N3O6/c1-4-25-13-7-5-12(6-8-13)18-16(23)11(2)26-15(22)10-20-14(21)9-19(3)17(20)24/h5-8,11H,4,9-10H2,1-3H3,(H,18,23)/t11-/m1/s1. The molecule has 2 rings (SSSR count). The highest BCUT2D eigenvalue weighted by Crippen LogP contribution is 2.16. The summed E-state index contributed by atoms with van der Waals surface area (Å²) in [4.78, 5) is 49.3. The number of carbonyl (C=O) groups is 4. The van der Waals surface area contributed by atoms with Crippen LogP contribution < -0.4 is 10.1 Å². The number of nitrogens with one attached hydrogen (secondary N) is 1. The van der Waals surface area contributed by atoms with E-state index in [2.05, 4.69) is 5.32 Å². The second-order valence-electron chi connectivity index (χ2n) is 5.70. The van der Waals surface area contributed by atoms with Crippen molar-refractivity contribution in [1.29, 1.82) is 0 Å². The van der Waals surface area contributed by atoms with Crippen molar-refractivity contribution in [3.63, 3.8) is 0 Å². The zero-order chi connectivity index (χ0) is 19.3. The predicted octanol–water partition coefficient (Wildman–Crippen LogP) is 0.849. The van der Waals surface area contributed by atoms with Gasteiger partial charge in [0.15, 0.2) is 6.10 Å². The van der Waals surface area contributed by atoms with E-state index in [4.69, 9.17) is 9.47 Å². The van der Waals surface area contributed by atoms with Crippen LogP contribution in [0, 0.1) is 0 Å². The SMILES string of the molecule is CCOc1ccc(NC(=O)[C@@H](C)OC(=O)CN2C(=O)CN(C)C2=O)cc1. The third-order valence-corrected chi connectivity index (χ3v) is 3.63. The molecular weight excluding hydrogens is 342 g/mol. The molecule has 1 aromatic carbocycles. The fourth-order valence-electron chi connectivity index (χ4n) is 2.29. The zero-order valence-electron chi connectivity index (χ0n) is 14.9. The second-order valence-corrected chi connectivity index (χ2v) is 5.70. The molecule has 1 aliphatic rings. The minimum Gasteiger partial charge on any atom is -0.494 e. The molecule has 26 heavy (non-hydrogen) atoms. The summed E-state index contributed by atoms with van der Waals surface area (Å²) in [5.74, 6) is -1.18. The van der Waals surface area contributed by atoms with Gasteiger partial charge in [-0.1, -0.05) is 0 Å². The van der Waals surface area contributed by atoms with Crippen LogP contribution in [0.15, 0.2) is 24.3 Å². The summed E-state index contributed by atoms with van der Waals surface area (Å²) in [5.41, 5.74) is 0.521. The number of hydrogen-bond donors (Lipinski definition) is 1. The molecular formula is C17H21N3O6. The maximum absolute atomic E-state index is 12.1. The molecule has 9 heteroatoms. The first-order valence-corrected chi connectivity index (χ1v) is 8.10. The van der Waals surface area contributed by atoms with Crippen LogP contribution in [0.3, 0.4) is 0 Å². The lowest BCUT2D eigenvalue weighted by Crippen LogP contribution is -2.39. The number of esters is 1. The summed E-state index contributed by atoms with van der Waals surface area (Å²) in [6.07, 6.45) is -1.08. The number of rotatable bonds is 7. The molecule has 1 aromatic rings. The van der Waals surface area contributed by atoms with E-state index in [0.717, 1.165) is 4.90 Å². The number of likely N-dealkylation sites (N-methyl/N-ethyl adjacent to an activating group) is 1. The number of imide groups is 1. The number of anilines is 1. The summed E-state index contributed by atoms with van der Waals surface area (Å²) in [5, 5.41) is 2.61. The van der Waals surface area contributed by atoms with Crippen molar-refractivity contribution >= 4 is 29.5 Å². The van der Waals surface area contributed by atoms with Gasteiger partial charge in [0.2, 0.25) is 0 Å². The van der Waals surface area contributed by atoms with E-state index >= 15 is 0 Å². The molecule has 0 radical (unpaired) electrons. The van der Waals surface area contributed by atoms with Gasteiger partial charge in [-0.05, 0) is 38.1 Å². The topological polar surface area (TPSA) is 105 Å². The molecule has 1 aliphatic heterocycles. The minimum atomic E-state index is -1.08. The van der Waals surface area contributed by atoms with Gasteiger partial charge in [0.05, 0.1) is 6.61 Å². The van der Waals surface area contributed by atoms with Crippen molar-refractivity contribution in [3.8, 4) is 5.75 Å². The first-order chi connectivity index (χ1) is 12.3. The van der Waals surface area contributed by atoms with E-state index in [9.17, 15) is 19.2 Å². The number of benzene rings is 1. The predicted molar refractivity (Wildman–Crippen MR) is 91.5 cm³/mol. The third-order valence-electron chi connectivity index (χ3n) is 3.63. The number of amides is 4. The van der Waals surface area contributed by atoms with Crippen LogP contribution in [0.25, 0.3) is 0 Å². The average molecular weight is 363 g/mol. The Hall–Kier alpha value is -3.10. The zero-order valence-corrected chi connectivity index (χ0v) is 14.9. The summed E-state index contributed by atoms with van der Waals surface area (Å²) < 4.78 is 10.3. The average Bonchev–Trinajstić information content (AvgIpc) is 2.83. The van der Waals surface area contributed by atoms with Crippen molar-refractivity contribution in [1.82, 2.24) is 9.80 Å². The van der Waals surface area contributed by atoms with Gasteiger partial charge in [0.25, 0.3) is 11.8 Å². The summed E-state index contributed by atoms with van der Waals surface area (Å²) in [6.45, 7) is 3.20. The Bertz CT molecular complexity index is 703. The molecule has 0 saturated carbocycles. The summed E-state index contributed by atoms with van der Waals surface area (Å²) in [7, 11) is 1.46. The maximum atomic E-state index is 12.1. The molecule has 0 unspecified atom stereocenters. The molecule has 1 atom stereocenters. The number of urea groups is 1. The Labute approximate surface area is 150 Å². The fourth-order valence-corrected chi connectivity index (χ4v) is 2.29. The molecule has 9 nitrogen and oxygen atoms in total. The molecule has 1 fully saturated rings. The molecule has 4 amide bonds. The molecule has 0 aliphatic carbocycles. The Kier molecular flexibility index (Phi) is 6.16. The molecule has 140 valence electrons. The van der Waals surface area contributed by atoms with Crippen molar-refractivity contribution in [2.75, 3.05) is 32.1 Å². The van der Waals surface area contributed by atoms with Crippen LogP contribution in [0.2, 0.25) is 0 Å². The Balaban J connectivity index is 1.85. The highest BCUT2D eigenvalue weighted by atomic mass is 16.5. The molecule has 1 N–H and O–H groups in total. The van der Waals surface area contributed by atoms with Crippen molar-refractivity contribution in [3.05, 3.63) is 24.3 Å². The molecule has 1 saturated heterocycles. The normalized spacial score (nSPS) is 15.0. The Morgan fingerprint density at radius 2 is 1.88 bits per heavy atom. The number of ether oxygens (including phenoxy) is 2. The first-order valence-electron chi connectivity index (χ1n) is 8.10. The van der Waals surface area contributed by atoms with Crippen LogP contribution >= 0.6 is 0 Å². The van der Waals surface area contributed by atoms with Gasteiger partial charge < -0.3 is 19.7 Å². The van der Waals surface area contributed by atoms with Crippen molar-refractivity contribution in [2.45, 2.75) is 20.0 Å². The Morgan fingerprint density at radius 3 is 2.42 bits per heavy atom. The van der Waals surface area contributed by atoms with E-state index in [-0.39, 0.29) is 6.54 Å². The number of nitrogens with zero attached hydrogens (tertiary/aromatic N) is 2. The molecule has 0 aromatic heterocycles. The lowest BCUT2D eigenvalue weighted by atomic mass is 10.3. The van der Waals surface area contributed by atoms with Crippen LogP contribution in [0.4, 0.5) is 10.5 Å². The van der Waals surface area contributed by atoms with Gasteiger partial charge in [-0.15, -0.1) is 0 Å². The smallest absolute Gasteiger partial charge is 0.327 e. The van der Waals surface area contributed by atoms with Gasteiger partial charge in [-0.2, -0.15) is 0 Å². The van der Waals surface area contributed by atoms with Crippen LogP contribution in [0.1, 0.15) is 13.8 Å². The third kappa shape index (κ3) is 4.71. The van der Waals surface area contributed by atoms with E-state index < -0.39 is 36.5 Å². The van der Waals surface area contributed by atoms with Crippen molar-refractivity contribution in [2.24, 2.45) is 0 Å². The van der Waals surface area contributed by atoms with Gasteiger partial charge in [0.1, 0.15) is 18.8 Å². The van der Waals surface area contributed by atoms with Crippen molar-refractivity contribution < 1.29 is 28.7 Å². The van der Waals surface area contributed by atoms with Gasteiger partial charge in [0, 0.05) is 12.7 Å². The van der Waals surface area contributed by atoms with E-state index in [1.54, 1.807) is 24.3 Å². The molecule has 0 bridgehead atoms. The lowest BCUT2D eigenvalue weighted by molar-refractivity contribution is -0.154. The van der Waals surface area contributed by atoms with E-state index in [1.807, 2.05) is 6.92 Å². The lowest BCUT2D eigenvalue weighted by Gasteiger charge is -2.16. The second kappa shape index (κ2) is 8.32. The fraction of sp³-hybridized carbons (Fsp3) is 0.412. The quantitative estimate of drug-likeness (QED) is 0.569. The summed E-state index contributed by atoms with van der Waals surface area (Å²) >= 11 is 0. The highest BCUT2D eigenvalue weighted by Gasteiger charge is 2.35. The maximum Gasteiger partial charge on any atom is 0.327 e. The first kappa shape index (κ1) is 19.2. The van der Waals surface area contributed by atoms with E-state index in [0.29, 0.717) is 18.0 Å². The largest absolute Gasteiger partial charge is 0.494 e. The van der Waals surface area contributed by atoms with E-state index in [1.165, 1.54) is 18.9 Å². The minimum absolute atomic E-state index is 0.0834. The van der Waals surface area contributed by atoms with Crippen LogP contribution in [0.5, 0.6) is 5.75 Å². The molecule has 0 spiro atoms.